The average molecular weight is 218 g/mol. The van der Waals surface area contributed by atoms with Crippen LogP contribution in [0.2, 0.25) is 0 Å². The quantitative estimate of drug-likeness (QED) is 0.723. The third kappa shape index (κ3) is 3.85. The third-order valence-electron chi connectivity index (χ3n) is 1.72. The molecule has 15 heavy (non-hydrogen) atoms. The summed E-state index contributed by atoms with van der Waals surface area (Å²) in [5.74, 6) is 0. The maximum atomic E-state index is 12.2. The van der Waals surface area contributed by atoms with Gasteiger partial charge in [0.25, 0.3) is 0 Å². The second-order valence-electron chi connectivity index (χ2n) is 4.65. The van der Waals surface area contributed by atoms with E-state index in [1.54, 1.807) is 0 Å². The normalized spacial score (nSPS) is 12.9. The predicted molar refractivity (Wildman–Crippen MR) is 50.2 cm³/mol. The standard InChI is InChI=1S/C10H13F3N2/c1-9(2,3)6-7-4-5-8(15-14-7)10(11,12)13/h4-5H,6H2,1-3H3. The molecule has 1 rings (SSSR count). The summed E-state index contributed by atoms with van der Waals surface area (Å²) in [6.07, 6.45) is -3.80. The fourth-order valence-corrected chi connectivity index (χ4v) is 1.15. The summed E-state index contributed by atoms with van der Waals surface area (Å²) >= 11 is 0. The molecular formula is C10H13F3N2. The van der Waals surface area contributed by atoms with E-state index < -0.39 is 11.9 Å². The van der Waals surface area contributed by atoms with Crippen LogP contribution in [0.3, 0.4) is 0 Å². The van der Waals surface area contributed by atoms with Crippen LogP contribution in [0.15, 0.2) is 12.1 Å². The number of hydrogen-bond donors (Lipinski definition) is 0. The van der Waals surface area contributed by atoms with Crippen molar-refractivity contribution in [2.24, 2.45) is 5.41 Å². The highest BCUT2D eigenvalue weighted by atomic mass is 19.4. The summed E-state index contributed by atoms with van der Waals surface area (Å²) in [6.45, 7) is 5.98. The Morgan fingerprint density at radius 3 is 2.00 bits per heavy atom. The van der Waals surface area contributed by atoms with Crippen molar-refractivity contribution in [3.63, 3.8) is 0 Å². The Hall–Kier alpha value is -1.13. The number of nitrogens with zero attached hydrogens (tertiary/aromatic N) is 2. The summed E-state index contributed by atoms with van der Waals surface area (Å²) in [5.41, 5.74) is -0.371. The van der Waals surface area contributed by atoms with Crippen molar-refractivity contribution in [1.82, 2.24) is 10.2 Å². The molecule has 0 N–H and O–H groups in total. The molecule has 0 saturated heterocycles. The van der Waals surface area contributed by atoms with Crippen LogP contribution in [0.25, 0.3) is 0 Å². The van der Waals surface area contributed by atoms with Crippen LogP contribution < -0.4 is 0 Å². The third-order valence-corrected chi connectivity index (χ3v) is 1.72. The Morgan fingerprint density at radius 1 is 1.07 bits per heavy atom. The largest absolute Gasteiger partial charge is 0.435 e. The molecule has 0 aliphatic rings. The molecular weight excluding hydrogens is 205 g/mol. The summed E-state index contributed by atoms with van der Waals surface area (Å²) in [7, 11) is 0. The van der Waals surface area contributed by atoms with E-state index >= 15 is 0 Å². The number of halogens is 3. The first-order chi connectivity index (χ1) is 6.68. The number of aromatic nitrogens is 2. The van der Waals surface area contributed by atoms with Gasteiger partial charge in [-0.2, -0.15) is 18.3 Å². The van der Waals surface area contributed by atoms with E-state index in [4.69, 9.17) is 0 Å². The van der Waals surface area contributed by atoms with Gasteiger partial charge in [0.1, 0.15) is 0 Å². The lowest BCUT2D eigenvalue weighted by Crippen LogP contribution is -2.14. The molecule has 0 amide bonds. The van der Waals surface area contributed by atoms with E-state index in [0.717, 1.165) is 6.07 Å². The van der Waals surface area contributed by atoms with Gasteiger partial charge in [-0.1, -0.05) is 20.8 Å². The van der Waals surface area contributed by atoms with Gasteiger partial charge in [-0.25, -0.2) is 0 Å². The molecule has 0 atom stereocenters. The van der Waals surface area contributed by atoms with Crippen molar-refractivity contribution in [1.29, 1.82) is 0 Å². The maximum absolute atomic E-state index is 12.2. The fraction of sp³-hybridized carbons (Fsp3) is 0.600. The van der Waals surface area contributed by atoms with Crippen LogP contribution >= 0.6 is 0 Å². The van der Waals surface area contributed by atoms with Gasteiger partial charge < -0.3 is 0 Å². The number of alkyl halides is 3. The lowest BCUT2D eigenvalue weighted by molar-refractivity contribution is -0.141. The number of rotatable bonds is 1. The van der Waals surface area contributed by atoms with Crippen molar-refractivity contribution in [3.8, 4) is 0 Å². The van der Waals surface area contributed by atoms with E-state index in [9.17, 15) is 13.2 Å². The Labute approximate surface area is 86.5 Å². The summed E-state index contributed by atoms with van der Waals surface area (Å²) in [5, 5.41) is 6.72. The van der Waals surface area contributed by atoms with Crippen LogP contribution in [0, 0.1) is 5.41 Å². The van der Waals surface area contributed by atoms with E-state index in [2.05, 4.69) is 10.2 Å². The van der Waals surface area contributed by atoms with Gasteiger partial charge in [0.15, 0.2) is 5.69 Å². The first-order valence-corrected chi connectivity index (χ1v) is 4.58. The first-order valence-electron chi connectivity index (χ1n) is 4.58. The predicted octanol–water partition coefficient (Wildman–Crippen LogP) is 3.08. The maximum Gasteiger partial charge on any atom is 0.435 e. The highest BCUT2D eigenvalue weighted by Gasteiger charge is 2.32. The van der Waals surface area contributed by atoms with Crippen molar-refractivity contribution < 1.29 is 13.2 Å². The van der Waals surface area contributed by atoms with E-state index in [-0.39, 0.29) is 5.41 Å². The van der Waals surface area contributed by atoms with E-state index in [1.165, 1.54) is 6.07 Å². The average Bonchev–Trinajstić information content (AvgIpc) is 2.00. The monoisotopic (exact) mass is 218 g/mol. The highest BCUT2D eigenvalue weighted by Crippen LogP contribution is 2.27. The van der Waals surface area contributed by atoms with E-state index in [0.29, 0.717) is 12.1 Å². The summed E-state index contributed by atoms with van der Waals surface area (Å²) in [6, 6.07) is 2.34. The topological polar surface area (TPSA) is 25.8 Å². The molecule has 0 radical (unpaired) electrons. The van der Waals surface area contributed by atoms with Gasteiger partial charge in [-0.3, -0.25) is 0 Å². The van der Waals surface area contributed by atoms with Crippen LogP contribution in [-0.4, -0.2) is 10.2 Å². The minimum Gasteiger partial charge on any atom is -0.164 e. The molecule has 0 aliphatic heterocycles. The zero-order valence-electron chi connectivity index (χ0n) is 8.89. The Bertz CT molecular complexity index is 322. The SMILES string of the molecule is CC(C)(C)Cc1ccc(C(F)(F)F)nn1. The van der Waals surface area contributed by atoms with Crippen LogP contribution in [-0.2, 0) is 12.6 Å². The molecule has 0 bridgehead atoms. The van der Waals surface area contributed by atoms with Crippen molar-refractivity contribution in [3.05, 3.63) is 23.5 Å². The molecule has 0 spiro atoms. The highest BCUT2D eigenvalue weighted by molar-refractivity contribution is 5.10. The summed E-state index contributed by atoms with van der Waals surface area (Å²) in [4.78, 5) is 0. The van der Waals surface area contributed by atoms with Crippen LogP contribution in [0.4, 0.5) is 13.2 Å². The van der Waals surface area contributed by atoms with E-state index in [1.807, 2.05) is 20.8 Å². The molecule has 0 unspecified atom stereocenters. The zero-order valence-corrected chi connectivity index (χ0v) is 8.89. The molecule has 84 valence electrons. The minimum absolute atomic E-state index is 0.00553. The molecule has 5 heteroatoms. The Kier molecular flexibility index (Phi) is 3.02. The molecule has 0 aromatic carbocycles. The van der Waals surface area contributed by atoms with Gasteiger partial charge in [0.05, 0.1) is 5.69 Å². The second-order valence-corrected chi connectivity index (χ2v) is 4.65. The lowest BCUT2D eigenvalue weighted by atomic mass is 9.90. The second kappa shape index (κ2) is 3.79. The molecule has 0 aliphatic carbocycles. The molecule has 1 aromatic heterocycles. The Balaban J connectivity index is 2.82. The molecule has 1 heterocycles. The van der Waals surface area contributed by atoms with Gasteiger partial charge in [-0.05, 0) is 24.0 Å². The smallest absolute Gasteiger partial charge is 0.164 e. The molecule has 1 aromatic rings. The Morgan fingerprint density at radius 2 is 1.67 bits per heavy atom. The van der Waals surface area contributed by atoms with Gasteiger partial charge in [0.2, 0.25) is 0 Å². The van der Waals surface area contributed by atoms with Crippen molar-refractivity contribution in [2.45, 2.75) is 33.4 Å². The minimum atomic E-state index is -4.41. The molecule has 0 saturated carbocycles. The van der Waals surface area contributed by atoms with Gasteiger partial charge in [-0.15, -0.1) is 5.10 Å². The lowest BCUT2D eigenvalue weighted by Gasteiger charge is -2.16. The van der Waals surface area contributed by atoms with Crippen molar-refractivity contribution in [2.75, 3.05) is 0 Å². The fourth-order valence-electron chi connectivity index (χ4n) is 1.15. The number of hydrogen-bond acceptors (Lipinski definition) is 2. The van der Waals surface area contributed by atoms with Gasteiger partial charge >= 0.3 is 6.18 Å². The van der Waals surface area contributed by atoms with Crippen LogP contribution in [0.1, 0.15) is 32.2 Å². The molecule has 0 fully saturated rings. The van der Waals surface area contributed by atoms with Crippen molar-refractivity contribution >= 4 is 0 Å². The van der Waals surface area contributed by atoms with Gasteiger partial charge in [0, 0.05) is 0 Å². The first kappa shape index (κ1) is 11.9. The zero-order chi connectivity index (χ0) is 11.7. The molecule has 2 nitrogen and oxygen atoms in total. The van der Waals surface area contributed by atoms with Crippen LogP contribution in [0.5, 0.6) is 0 Å². The summed E-state index contributed by atoms with van der Waals surface area (Å²) < 4.78 is 36.5.